The first-order chi connectivity index (χ1) is 14.5. The van der Waals surface area contributed by atoms with E-state index in [0.29, 0.717) is 19.6 Å². The third kappa shape index (κ3) is 4.60. The van der Waals surface area contributed by atoms with E-state index in [1.165, 1.54) is 17.2 Å². The molecule has 1 aliphatic heterocycles. The molecule has 1 aliphatic rings. The maximum atomic E-state index is 13.8. The van der Waals surface area contributed by atoms with E-state index < -0.39 is 0 Å². The van der Waals surface area contributed by atoms with Gasteiger partial charge in [-0.1, -0.05) is 30.3 Å². The van der Waals surface area contributed by atoms with Crippen molar-refractivity contribution in [3.05, 3.63) is 88.8 Å². The van der Waals surface area contributed by atoms with Crippen molar-refractivity contribution >= 4 is 5.91 Å². The molecule has 0 aliphatic carbocycles. The van der Waals surface area contributed by atoms with Crippen molar-refractivity contribution in [3.8, 4) is 0 Å². The van der Waals surface area contributed by atoms with E-state index in [4.69, 9.17) is 0 Å². The first-order valence-electron chi connectivity index (χ1n) is 10.3. The second kappa shape index (κ2) is 8.79. The molecule has 5 nitrogen and oxygen atoms in total. The van der Waals surface area contributed by atoms with Gasteiger partial charge in [0.15, 0.2) is 0 Å². The zero-order valence-electron chi connectivity index (χ0n) is 17.4. The fourth-order valence-electron chi connectivity index (χ4n) is 4.10. The molecule has 1 aromatic heterocycles. The van der Waals surface area contributed by atoms with Crippen molar-refractivity contribution in [2.45, 2.75) is 45.9 Å². The van der Waals surface area contributed by atoms with Crippen molar-refractivity contribution < 1.29 is 9.18 Å². The number of nitrogens with zero attached hydrogens (tertiary/aromatic N) is 3. The number of carbonyl (C=O) groups is 1. The number of nitrogens with one attached hydrogen (secondary N) is 1. The van der Waals surface area contributed by atoms with Gasteiger partial charge in [0.2, 0.25) is 5.91 Å². The Morgan fingerprint density at radius 3 is 2.83 bits per heavy atom. The Morgan fingerprint density at radius 2 is 2.07 bits per heavy atom. The molecular weight excluding hydrogens is 379 g/mol. The number of imidazole rings is 1. The van der Waals surface area contributed by atoms with Crippen LogP contribution in [0.25, 0.3) is 0 Å². The second-order valence-electron chi connectivity index (χ2n) is 7.93. The summed E-state index contributed by atoms with van der Waals surface area (Å²) in [6.07, 6.45) is 4.60. The van der Waals surface area contributed by atoms with Crippen LogP contribution >= 0.6 is 0 Å². The van der Waals surface area contributed by atoms with Crippen molar-refractivity contribution in [1.29, 1.82) is 0 Å². The van der Waals surface area contributed by atoms with Gasteiger partial charge in [-0.05, 0) is 47.7 Å². The summed E-state index contributed by atoms with van der Waals surface area (Å²) in [5.41, 5.74) is 4.37. The van der Waals surface area contributed by atoms with E-state index in [1.54, 1.807) is 17.9 Å². The molecule has 0 fully saturated rings. The third-order valence-corrected chi connectivity index (χ3v) is 5.80. The normalized spacial score (nSPS) is 16.2. The molecule has 156 valence electrons. The van der Waals surface area contributed by atoms with Gasteiger partial charge in [-0.3, -0.25) is 4.79 Å². The van der Waals surface area contributed by atoms with Crippen molar-refractivity contribution in [1.82, 2.24) is 19.8 Å². The van der Waals surface area contributed by atoms with Gasteiger partial charge in [0.25, 0.3) is 0 Å². The molecule has 2 aromatic carbocycles. The van der Waals surface area contributed by atoms with Crippen LogP contribution in [0.15, 0.2) is 54.9 Å². The number of carbonyl (C=O) groups excluding carboxylic acids is 1. The van der Waals surface area contributed by atoms with Crippen LogP contribution in [0.1, 0.15) is 47.5 Å². The molecule has 0 unspecified atom stereocenters. The van der Waals surface area contributed by atoms with Crippen LogP contribution in [0.4, 0.5) is 4.39 Å². The molecule has 0 radical (unpaired) electrons. The highest BCUT2D eigenvalue weighted by Gasteiger charge is 2.23. The summed E-state index contributed by atoms with van der Waals surface area (Å²) in [5, 5.41) is 3.63. The highest BCUT2D eigenvalue weighted by Crippen LogP contribution is 2.28. The lowest BCUT2D eigenvalue weighted by Crippen LogP contribution is -2.29. The van der Waals surface area contributed by atoms with Gasteiger partial charge in [-0.2, -0.15) is 0 Å². The maximum absolute atomic E-state index is 13.8. The molecule has 1 N–H and O–H groups in total. The lowest BCUT2D eigenvalue weighted by atomic mass is 9.98. The summed E-state index contributed by atoms with van der Waals surface area (Å²) in [5.74, 6) is 0.754. The Balaban J connectivity index is 1.49. The molecule has 0 spiro atoms. The maximum Gasteiger partial charge on any atom is 0.219 e. The summed E-state index contributed by atoms with van der Waals surface area (Å²) >= 11 is 0. The first kappa shape index (κ1) is 20.3. The number of amides is 1. The van der Waals surface area contributed by atoms with E-state index in [1.807, 2.05) is 25.4 Å². The minimum absolute atomic E-state index is 0.0216. The van der Waals surface area contributed by atoms with Crippen LogP contribution in [-0.2, 0) is 24.4 Å². The van der Waals surface area contributed by atoms with Crippen LogP contribution in [0.2, 0.25) is 0 Å². The molecule has 0 saturated heterocycles. The van der Waals surface area contributed by atoms with Crippen molar-refractivity contribution in [2.75, 3.05) is 6.54 Å². The molecular formula is C24H27FN4O. The average Bonchev–Trinajstić information content (AvgIpc) is 3.02. The molecule has 4 rings (SSSR count). The van der Waals surface area contributed by atoms with E-state index in [2.05, 4.69) is 39.1 Å². The van der Waals surface area contributed by atoms with Gasteiger partial charge in [0, 0.05) is 51.5 Å². The largest absolute Gasteiger partial charge is 0.339 e. The zero-order valence-corrected chi connectivity index (χ0v) is 17.4. The number of hydrogen-bond acceptors (Lipinski definition) is 3. The standard InChI is InChI=1S/C24H27FN4O/c1-17-26-9-11-28(17)15-20-5-3-4-19(12-20)14-27-24-8-10-29(18(2)30)16-21-13-22(25)6-7-23(21)24/h3-7,9,11-13,24,27H,8,10,14-16H2,1-2H3/t24-/m0/s1. The number of halogens is 1. The van der Waals surface area contributed by atoms with Crippen molar-refractivity contribution in [3.63, 3.8) is 0 Å². The Labute approximate surface area is 176 Å². The molecule has 0 saturated carbocycles. The Kier molecular flexibility index (Phi) is 5.95. The topological polar surface area (TPSA) is 50.2 Å². The van der Waals surface area contributed by atoms with Gasteiger partial charge in [0.1, 0.15) is 11.6 Å². The molecule has 30 heavy (non-hydrogen) atoms. The highest BCUT2D eigenvalue weighted by atomic mass is 19.1. The Bertz CT molecular complexity index is 1050. The fraction of sp³-hybridized carbons (Fsp3) is 0.333. The number of hydrogen-bond donors (Lipinski definition) is 1. The lowest BCUT2D eigenvalue weighted by Gasteiger charge is -2.20. The predicted octanol–water partition coefficient (Wildman–Crippen LogP) is 3.96. The summed E-state index contributed by atoms with van der Waals surface area (Å²) < 4.78 is 16.0. The molecule has 2 heterocycles. The summed E-state index contributed by atoms with van der Waals surface area (Å²) in [4.78, 5) is 18.0. The first-order valence-corrected chi connectivity index (χ1v) is 10.3. The number of fused-ring (bicyclic) bond motifs is 1. The van der Waals surface area contributed by atoms with Gasteiger partial charge < -0.3 is 14.8 Å². The summed E-state index contributed by atoms with van der Waals surface area (Å²) in [7, 11) is 0. The predicted molar refractivity (Wildman–Crippen MR) is 114 cm³/mol. The Morgan fingerprint density at radius 1 is 1.23 bits per heavy atom. The monoisotopic (exact) mass is 406 g/mol. The van der Waals surface area contributed by atoms with Gasteiger partial charge in [-0.25, -0.2) is 9.37 Å². The summed E-state index contributed by atoms with van der Waals surface area (Å²) in [6, 6.07) is 13.5. The second-order valence-corrected chi connectivity index (χ2v) is 7.93. The molecule has 3 aromatic rings. The van der Waals surface area contributed by atoms with Gasteiger partial charge in [0.05, 0.1) is 0 Å². The van der Waals surface area contributed by atoms with E-state index in [9.17, 15) is 9.18 Å². The van der Waals surface area contributed by atoms with Crippen LogP contribution in [-0.4, -0.2) is 26.9 Å². The van der Waals surface area contributed by atoms with Crippen LogP contribution in [0.5, 0.6) is 0 Å². The van der Waals surface area contributed by atoms with Crippen LogP contribution < -0.4 is 5.32 Å². The van der Waals surface area contributed by atoms with Crippen LogP contribution in [0, 0.1) is 12.7 Å². The lowest BCUT2D eigenvalue weighted by molar-refractivity contribution is -0.129. The van der Waals surface area contributed by atoms with Gasteiger partial charge in [-0.15, -0.1) is 0 Å². The van der Waals surface area contributed by atoms with E-state index in [0.717, 1.165) is 29.9 Å². The van der Waals surface area contributed by atoms with Crippen LogP contribution in [0.3, 0.4) is 0 Å². The number of aryl methyl sites for hydroxylation is 1. The molecule has 6 heteroatoms. The molecule has 1 atom stereocenters. The highest BCUT2D eigenvalue weighted by molar-refractivity contribution is 5.73. The molecule has 1 amide bonds. The molecule has 0 bridgehead atoms. The number of aromatic nitrogens is 2. The summed E-state index contributed by atoms with van der Waals surface area (Å²) in [6.45, 7) is 6.18. The quantitative estimate of drug-likeness (QED) is 0.698. The third-order valence-electron chi connectivity index (χ3n) is 5.80. The van der Waals surface area contributed by atoms with E-state index >= 15 is 0 Å². The number of benzene rings is 2. The minimum atomic E-state index is -0.264. The average molecular weight is 407 g/mol. The van der Waals surface area contributed by atoms with Crippen molar-refractivity contribution in [2.24, 2.45) is 0 Å². The zero-order chi connectivity index (χ0) is 21.1. The minimum Gasteiger partial charge on any atom is -0.339 e. The van der Waals surface area contributed by atoms with Gasteiger partial charge >= 0.3 is 0 Å². The smallest absolute Gasteiger partial charge is 0.219 e. The fourth-order valence-corrected chi connectivity index (χ4v) is 4.10. The Hall–Kier alpha value is -2.99. The SMILES string of the molecule is CC(=O)N1CC[C@H](NCc2cccc(Cn3ccnc3C)c2)c2ccc(F)cc2C1. The van der Waals surface area contributed by atoms with E-state index in [-0.39, 0.29) is 17.8 Å². The number of rotatable bonds is 5.